The highest BCUT2D eigenvalue weighted by molar-refractivity contribution is 5.23. The second-order valence-corrected chi connectivity index (χ2v) is 4.43. The Morgan fingerprint density at radius 3 is 2.12 bits per heavy atom. The number of rotatable bonds is 7. The van der Waals surface area contributed by atoms with Crippen LogP contribution in [0.1, 0.15) is 44.7 Å². The fourth-order valence-corrected chi connectivity index (χ4v) is 2.06. The molecule has 1 heteroatoms. The molecule has 1 unspecified atom stereocenters. The Labute approximate surface area is 100 Å². The summed E-state index contributed by atoms with van der Waals surface area (Å²) >= 11 is 0. The van der Waals surface area contributed by atoms with Crippen LogP contribution in [0.5, 0.6) is 0 Å². The quantitative estimate of drug-likeness (QED) is 0.739. The Kier molecular flexibility index (Phi) is 6.17. The number of aryl methyl sites for hydroxylation is 1. The number of benzene rings is 1. The van der Waals surface area contributed by atoms with Crippen molar-refractivity contribution in [1.29, 1.82) is 0 Å². The van der Waals surface area contributed by atoms with E-state index in [1.165, 1.54) is 30.4 Å². The van der Waals surface area contributed by atoms with Crippen LogP contribution in [0.15, 0.2) is 24.3 Å². The van der Waals surface area contributed by atoms with Crippen molar-refractivity contribution in [3.05, 3.63) is 35.4 Å². The standard InChI is InChI=1S/C15H25N/c1-4-7-13-8-10-14(11-9-13)12-15(5-2)16-6-3/h8-11,15-16H,4-7,12H2,1-3H3. The first kappa shape index (κ1) is 13.2. The molecule has 0 saturated heterocycles. The normalized spacial score (nSPS) is 12.7. The Morgan fingerprint density at radius 1 is 1.00 bits per heavy atom. The van der Waals surface area contributed by atoms with Gasteiger partial charge in [0.05, 0.1) is 0 Å². The van der Waals surface area contributed by atoms with Crippen molar-refractivity contribution in [3.8, 4) is 0 Å². The molecule has 1 nitrogen and oxygen atoms in total. The molecule has 1 aromatic carbocycles. The molecule has 0 aliphatic heterocycles. The Bertz CT molecular complexity index is 276. The van der Waals surface area contributed by atoms with E-state index in [9.17, 15) is 0 Å². The molecule has 0 heterocycles. The van der Waals surface area contributed by atoms with E-state index in [1.54, 1.807) is 0 Å². The molecule has 0 bridgehead atoms. The van der Waals surface area contributed by atoms with Crippen LogP contribution in [0.3, 0.4) is 0 Å². The summed E-state index contributed by atoms with van der Waals surface area (Å²) in [7, 11) is 0. The van der Waals surface area contributed by atoms with Crippen molar-refractivity contribution >= 4 is 0 Å². The summed E-state index contributed by atoms with van der Waals surface area (Å²) in [5.41, 5.74) is 2.91. The van der Waals surface area contributed by atoms with E-state index in [4.69, 9.17) is 0 Å². The Hall–Kier alpha value is -0.820. The van der Waals surface area contributed by atoms with Crippen molar-refractivity contribution in [3.63, 3.8) is 0 Å². The maximum absolute atomic E-state index is 3.52. The number of hydrogen-bond acceptors (Lipinski definition) is 1. The monoisotopic (exact) mass is 219 g/mol. The summed E-state index contributed by atoms with van der Waals surface area (Å²) in [4.78, 5) is 0. The molecule has 0 aliphatic rings. The van der Waals surface area contributed by atoms with Gasteiger partial charge in [-0.1, -0.05) is 51.5 Å². The van der Waals surface area contributed by atoms with Gasteiger partial charge in [0, 0.05) is 6.04 Å². The van der Waals surface area contributed by atoms with E-state index in [1.807, 2.05) is 0 Å². The molecular formula is C15H25N. The summed E-state index contributed by atoms with van der Waals surface area (Å²) in [6.45, 7) is 7.71. The number of likely N-dealkylation sites (N-methyl/N-ethyl adjacent to an activating group) is 1. The smallest absolute Gasteiger partial charge is 0.0105 e. The lowest BCUT2D eigenvalue weighted by Gasteiger charge is -2.15. The van der Waals surface area contributed by atoms with Gasteiger partial charge < -0.3 is 5.32 Å². The molecule has 0 fully saturated rings. The van der Waals surface area contributed by atoms with Crippen LogP contribution in [0, 0.1) is 0 Å². The fourth-order valence-electron chi connectivity index (χ4n) is 2.06. The summed E-state index contributed by atoms with van der Waals surface area (Å²) in [5.74, 6) is 0. The highest BCUT2D eigenvalue weighted by Gasteiger charge is 2.05. The molecule has 0 radical (unpaired) electrons. The van der Waals surface area contributed by atoms with Crippen LogP contribution in [0.2, 0.25) is 0 Å². The van der Waals surface area contributed by atoms with Gasteiger partial charge in [-0.3, -0.25) is 0 Å². The lowest BCUT2D eigenvalue weighted by Crippen LogP contribution is -2.30. The summed E-state index contributed by atoms with van der Waals surface area (Å²) < 4.78 is 0. The third kappa shape index (κ3) is 4.36. The topological polar surface area (TPSA) is 12.0 Å². The highest BCUT2D eigenvalue weighted by atomic mass is 14.9. The van der Waals surface area contributed by atoms with Gasteiger partial charge in [-0.2, -0.15) is 0 Å². The third-order valence-corrected chi connectivity index (χ3v) is 3.03. The lowest BCUT2D eigenvalue weighted by atomic mass is 10.0. The van der Waals surface area contributed by atoms with Crippen LogP contribution in [0.25, 0.3) is 0 Å². The van der Waals surface area contributed by atoms with Gasteiger partial charge in [0.25, 0.3) is 0 Å². The zero-order chi connectivity index (χ0) is 11.8. The average Bonchev–Trinajstić information content (AvgIpc) is 2.31. The molecule has 0 amide bonds. The lowest BCUT2D eigenvalue weighted by molar-refractivity contribution is 0.510. The number of nitrogens with one attached hydrogen (secondary N) is 1. The van der Waals surface area contributed by atoms with Crippen LogP contribution in [-0.4, -0.2) is 12.6 Å². The van der Waals surface area contributed by atoms with E-state index in [0.29, 0.717) is 6.04 Å². The van der Waals surface area contributed by atoms with Crippen LogP contribution < -0.4 is 5.32 Å². The molecule has 1 aromatic rings. The van der Waals surface area contributed by atoms with Crippen molar-refractivity contribution in [2.24, 2.45) is 0 Å². The SMILES string of the molecule is CCCc1ccc(CC(CC)NCC)cc1. The predicted molar refractivity (Wildman–Crippen MR) is 71.9 cm³/mol. The average molecular weight is 219 g/mol. The minimum absolute atomic E-state index is 0.627. The summed E-state index contributed by atoms with van der Waals surface area (Å²) in [5, 5.41) is 3.52. The van der Waals surface area contributed by atoms with Crippen molar-refractivity contribution in [2.45, 2.75) is 52.5 Å². The summed E-state index contributed by atoms with van der Waals surface area (Å²) in [6.07, 6.45) is 4.78. The number of hydrogen-bond donors (Lipinski definition) is 1. The van der Waals surface area contributed by atoms with Gasteiger partial charge >= 0.3 is 0 Å². The molecule has 16 heavy (non-hydrogen) atoms. The minimum Gasteiger partial charge on any atom is -0.314 e. The van der Waals surface area contributed by atoms with E-state index in [2.05, 4.69) is 50.4 Å². The van der Waals surface area contributed by atoms with Gasteiger partial charge in [0.1, 0.15) is 0 Å². The van der Waals surface area contributed by atoms with Gasteiger partial charge in [0.2, 0.25) is 0 Å². The third-order valence-electron chi connectivity index (χ3n) is 3.03. The van der Waals surface area contributed by atoms with Gasteiger partial charge in [-0.15, -0.1) is 0 Å². The molecule has 0 aliphatic carbocycles. The first-order chi connectivity index (χ1) is 7.80. The van der Waals surface area contributed by atoms with E-state index in [0.717, 1.165) is 13.0 Å². The van der Waals surface area contributed by atoms with Crippen molar-refractivity contribution in [1.82, 2.24) is 5.32 Å². The largest absolute Gasteiger partial charge is 0.314 e. The molecule has 0 spiro atoms. The molecule has 0 aromatic heterocycles. The molecule has 1 N–H and O–H groups in total. The maximum Gasteiger partial charge on any atom is 0.0105 e. The van der Waals surface area contributed by atoms with Crippen molar-refractivity contribution < 1.29 is 0 Å². The van der Waals surface area contributed by atoms with Crippen molar-refractivity contribution in [2.75, 3.05) is 6.54 Å². The van der Waals surface area contributed by atoms with E-state index >= 15 is 0 Å². The van der Waals surface area contributed by atoms with Crippen LogP contribution >= 0.6 is 0 Å². The van der Waals surface area contributed by atoms with Gasteiger partial charge in [0.15, 0.2) is 0 Å². The molecular weight excluding hydrogens is 194 g/mol. The highest BCUT2D eigenvalue weighted by Crippen LogP contribution is 2.09. The maximum atomic E-state index is 3.52. The molecule has 1 atom stereocenters. The van der Waals surface area contributed by atoms with Crippen LogP contribution in [-0.2, 0) is 12.8 Å². The van der Waals surface area contributed by atoms with E-state index in [-0.39, 0.29) is 0 Å². The second-order valence-electron chi connectivity index (χ2n) is 4.43. The Balaban J connectivity index is 2.53. The summed E-state index contributed by atoms with van der Waals surface area (Å²) in [6, 6.07) is 9.74. The first-order valence-corrected chi connectivity index (χ1v) is 6.61. The Morgan fingerprint density at radius 2 is 1.62 bits per heavy atom. The molecule has 90 valence electrons. The zero-order valence-electron chi connectivity index (χ0n) is 10.9. The van der Waals surface area contributed by atoms with E-state index < -0.39 is 0 Å². The molecule has 1 rings (SSSR count). The minimum atomic E-state index is 0.627. The van der Waals surface area contributed by atoms with Gasteiger partial charge in [-0.05, 0) is 36.9 Å². The first-order valence-electron chi connectivity index (χ1n) is 6.61. The van der Waals surface area contributed by atoms with Crippen LogP contribution in [0.4, 0.5) is 0 Å². The predicted octanol–water partition coefficient (Wildman–Crippen LogP) is 3.57. The molecule has 0 saturated carbocycles. The fraction of sp³-hybridized carbons (Fsp3) is 0.600. The zero-order valence-corrected chi connectivity index (χ0v) is 10.9. The second kappa shape index (κ2) is 7.45. The van der Waals surface area contributed by atoms with Gasteiger partial charge in [-0.25, -0.2) is 0 Å².